The van der Waals surface area contributed by atoms with Crippen LogP contribution in [0.1, 0.15) is 143 Å². The van der Waals surface area contributed by atoms with Gasteiger partial charge in [-0.25, -0.2) is 0 Å². The van der Waals surface area contributed by atoms with Gasteiger partial charge in [-0.2, -0.15) is 12.8 Å². The van der Waals surface area contributed by atoms with Crippen LogP contribution in [0.25, 0.3) is 0 Å². The number of hydrogen-bond acceptors (Lipinski definition) is 0. The molecule has 0 amide bonds. The molecular formula is C26H54Cd. The second-order valence-corrected chi connectivity index (χ2v) is 8.61. The van der Waals surface area contributed by atoms with Crippen molar-refractivity contribution in [2.45, 2.75) is 143 Å². The van der Waals surface area contributed by atoms with E-state index in [2.05, 4.69) is 41.5 Å². The Balaban J connectivity index is -0.000000411. The summed E-state index contributed by atoms with van der Waals surface area (Å²) in [7, 11) is 0. The molecule has 1 heteroatoms. The van der Waals surface area contributed by atoms with Crippen molar-refractivity contribution in [1.29, 1.82) is 0 Å². The van der Waals surface area contributed by atoms with Crippen LogP contribution < -0.4 is 0 Å². The van der Waals surface area contributed by atoms with Gasteiger partial charge >= 0.3 is 27.3 Å². The first-order valence-corrected chi connectivity index (χ1v) is 12.2. The first-order chi connectivity index (χ1) is 12.6. The van der Waals surface area contributed by atoms with Crippen molar-refractivity contribution in [2.24, 2.45) is 11.8 Å². The Morgan fingerprint density at radius 3 is 1.04 bits per heavy atom. The van der Waals surface area contributed by atoms with E-state index < -0.39 is 0 Å². The molecule has 0 aliphatic carbocycles. The van der Waals surface area contributed by atoms with Crippen LogP contribution in [0.4, 0.5) is 0 Å². The fourth-order valence-corrected chi connectivity index (χ4v) is 3.47. The van der Waals surface area contributed by atoms with Gasteiger partial charge in [0.25, 0.3) is 0 Å². The van der Waals surface area contributed by atoms with E-state index in [9.17, 15) is 0 Å². The predicted molar refractivity (Wildman–Crippen MR) is 123 cm³/mol. The molecule has 0 aliphatic rings. The number of unbranched alkanes of at least 4 members (excludes halogenated alkanes) is 10. The van der Waals surface area contributed by atoms with Crippen molar-refractivity contribution >= 4 is 0 Å². The molecule has 27 heavy (non-hydrogen) atoms. The SMILES string of the molecule is [CH2-]CCCCCC(C)CCCCC.[CH2-]CCCCCC(C)CCCCC.[Cd+2]. The van der Waals surface area contributed by atoms with Crippen molar-refractivity contribution in [3.8, 4) is 0 Å². The van der Waals surface area contributed by atoms with Gasteiger partial charge in [0.15, 0.2) is 0 Å². The second kappa shape index (κ2) is 29.1. The third-order valence-electron chi connectivity index (χ3n) is 5.49. The maximum absolute atomic E-state index is 3.86. The summed E-state index contributed by atoms with van der Waals surface area (Å²) in [6, 6.07) is 0. The summed E-state index contributed by atoms with van der Waals surface area (Å²) in [5.74, 6) is 1.91. The molecule has 0 aromatic heterocycles. The zero-order valence-electron chi connectivity index (χ0n) is 20.0. The summed E-state index contributed by atoms with van der Waals surface area (Å²) in [6.45, 7) is 17.1. The van der Waals surface area contributed by atoms with Crippen molar-refractivity contribution < 1.29 is 27.3 Å². The molecule has 160 valence electrons. The smallest absolute Gasteiger partial charge is 0.343 e. The largest absolute Gasteiger partial charge is 2.00 e. The van der Waals surface area contributed by atoms with Crippen LogP contribution in [0.3, 0.4) is 0 Å². The van der Waals surface area contributed by atoms with Crippen molar-refractivity contribution in [3.63, 3.8) is 0 Å². The minimum Gasteiger partial charge on any atom is -0.343 e. The molecule has 2 unspecified atom stereocenters. The van der Waals surface area contributed by atoms with E-state index in [1.165, 1.54) is 103 Å². The first kappa shape index (κ1) is 32.6. The molecule has 0 saturated heterocycles. The molecule has 0 N–H and O–H groups in total. The van der Waals surface area contributed by atoms with Crippen molar-refractivity contribution in [1.82, 2.24) is 0 Å². The molecule has 0 aromatic rings. The van der Waals surface area contributed by atoms with E-state index in [0.717, 1.165) is 24.7 Å². The third kappa shape index (κ3) is 31.8. The zero-order chi connectivity index (χ0) is 19.9. The molecule has 0 bridgehead atoms. The van der Waals surface area contributed by atoms with Crippen molar-refractivity contribution in [3.05, 3.63) is 13.8 Å². The molecule has 0 aliphatic heterocycles. The van der Waals surface area contributed by atoms with Gasteiger partial charge in [0.2, 0.25) is 0 Å². The van der Waals surface area contributed by atoms with E-state index in [1.54, 1.807) is 0 Å². The maximum Gasteiger partial charge on any atom is 2.00 e. The molecule has 0 fully saturated rings. The van der Waals surface area contributed by atoms with Gasteiger partial charge in [-0.15, -0.1) is 0 Å². The Hall–Kier alpha value is 0.922. The third-order valence-corrected chi connectivity index (χ3v) is 5.49. The Morgan fingerprint density at radius 2 is 0.778 bits per heavy atom. The first-order valence-electron chi connectivity index (χ1n) is 12.2. The van der Waals surface area contributed by atoms with E-state index in [1.807, 2.05) is 0 Å². The van der Waals surface area contributed by atoms with Crippen molar-refractivity contribution in [2.75, 3.05) is 0 Å². The monoisotopic (exact) mass is 480 g/mol. The molecule has 0 nitrogen and oxygen atoms in total. The average molecular weight is 479 g/mol. The molecule has 0 heterocycles. The van der Waals surface area contributed by atoms with Gasteiger partial charge in [-0.1, -0.05) is 130 Å². The molecule has 0 spiro atoms. The maximum atomic E-state index is 3.86. The minimum absolute atomic E-state index is 0. The minimum atomic E-state index is 0. The molecule has 0 aromatic carbocycles. The molecule has 0 rings (SSSR count). The van der Waals surface area contributed by atoms with Crippen LogP contribution >= 0.6 is 0 Å². The van der Waals surface area contributed by atoms with Crippen LogP contribution in [0.5, 0.6) is 0 Å². The summed E-state index contributed by atoms with van der Waals surface area (Å²) < 4.78 is 0. The average Bonchev–Trinajstić information content (AvgIpc) is 2.63. The van der Waals surface area contributed by atoms with Gasteiger partial charge in [0, 0.05) is 0 Å². The van der Waals surface area contributed by atoms with Crippen LogP contribution in [0.2, 0.25) is 0 Å². The van der Waals surface area contributed by atoms with E-state index in [4.69, 9.17) is 0 Å². The van der Waals surface area contributed by atoms with Gasteiger partial charge in [-0.3, -0.25) is 0 Å². The van der Waals surface area contributed by atoms with E-state index >= 15 is 0 Å². The number of hydrogen-bond donors (Lipinski definition) is 0. The number of rotatable bonds is 18. The molecule has 2 atom stereocenters. The normalized spacial score (nSPS) is 12.7. The van der Waals surface area contributed by atoms with E-state index in [0.29, 0.717) is 0 Å². The van der Waals surface area contributed by atoms with Crippen LogP contribution in [-0.2, 0) is 27.3 Å². The zero-order valence-corrected chi connectivity index (χ0v) is 24.0. The Labute approximate surface area is 195 Å². The molecular weight excluding hydrogens is 425 g/mol. The quantitative estimate of drug-likeness (QED) is 0.104. The summed E-state index contributed by atoms with van der Waals surface area (Å²) in [6.07, 6.45) is 24.7. The standard InChI is InChI=1S/2C13H27.Cd/c2*1-4-6-8-10-12-13(3)11-9-7-5-2;/h2*13H,1,4-12H2,2-3H3;/q2*-1;+2. The van der Waals surface area contributed by atoms with Crippen LogP contribution in [0.15, 0.2) is 0 Å². The fraction of sp³-hybridized carbons (Fsp3) is 0.923. The molecule has 0 saturated carbocycles. The van der Waals surface area contributed by atoms with Gasteiger partial charge in [0.05, 0.1) is 0 Å². The van der Waals surface area contributed by atoms with Gasteiger partial charge in [0.1, 0.15) is 0 Å². The Bertz CT molecular complexity index is 202. The summed E-state index contributed by atoms with van der Waals surface area (Å²) in [4.78, 5) is 0. The predicted octanol–water partition coefficient (Wildman–Crippen LogP) is 9.97. The fourth-order valence-electron chi connectivity index (χ4n) is 3.47. The second-order valence-electron chi connectivity index (χ2n) is 8.61. The van der Waals surface area contributed by atoms with Crippen LogP contribution in [-0.4, -0.2) is 0 Å². The van der Waals surface area contributed by atoms with Crippen LogP contribution in [0, 0.1) is 25.7 Å². The summed E-state index contributed by atoms with van der Waals surface area (Å²) in [5, 5.41) is 0. The summed E-state index contributed by atoms with van der Waals surface area (Å²) in [5.41, 5.74) is 0. The topological polar surface area (TPSA) is 0 Å². The Kier molecular flexibility index (Phi) is 35.1. The molecule has 0 radical (unpaired) electrons. The Morgan fingerprint density at radius 1 is 0.481 bits per heavy atom. The summed E-state index contributed by atoms with van der Waals surface area (Å²) >= 11 is 0. The van der Waals surface area contributed by atoms with E-state index in [-0.39, 0.29) is 27.3 Å². The van der Waals surface area contributed by atoms with Gasteiger partial charge in [-0.05, 0) is 11.8 Å². The van der Waals surface area contributed by atoms with Gasteiger partial charge < -0.3 is 13.8 Å².